The number of ether oxygens (including phenoxy) is 1. The van der Waals surface area contributed by atoms with Crippen molar-refractivity contribution in [2.75, 3.05) is 38.2 Å². The number of rotatable bonds is 19. The number of phenols is 1. The molecule has 0 heterocycles. The van der Waals surface area contributed by atoms with Gasteiger partial charge in [-0.15, -0.1) is 0 Å². The normalized spacial score (nSPS) is 11.7. The number of aromatic hydroxyl groups is 1. The second-order valence-corrected chi connectivity index (χ2v) is 9.15. The highest BCUT2D eigenvalue weighted by Crippen LogP contribution is 2.22. The summed E-state index contributed by atoms with van der Waals surface area (Å²) in [7, 11) is 0. The number of aliphatic carboxylic acids is 1. The van der Waals surface area contributed by atoms with E-state index < -0.39 is 24.6 Å². The number of nitrogens with one attached hydrogen (secondary N) is 3. The number of urea groups is 1. The van der Waals surface area contributed by atoms with Crippen molar-refractivity contribution in [3.8, 4) is 5.75 Å². The summed E-state index contributed by atoms with van der Waals surface area (Å²) in [6.07, 6.45) is 6.29. The molecule has 0 radical (unpaired) electrons. The van der Waals surface area contributed by atoms with Gasteiger partial charge in [0.1, 0.15) is 12.3 Å². The van der Waals surface area contributed by atoms with Crippen LogP contribution in [0.1, 0.15) is 61.3 Å². The number of hydrogen-bond acceptors (Lipinski definition) is 7. The Hall–Kier alpha value is -3.18. The first-order chi connectivity index (χ1) is 18.4. The van der Waals surface area contributed by atoms with E-state index in [0.29, 0.717) is 30.0 Å². The van der Waals surface area contributed by atoms with Gasteiger partial charge in [-0.1, -0.05) is 31.0 Å². The van der Waals surface area contributed by atoms with E-state index in [9.17, 15) is 24.9 Å². The first-order valence-electron chi connectivity index (χ1n) is 13.1. The molecule has 2 rings (SSSR count). The topological polar surface area (TPSA) is 160 Å². The molecule has 0 saturated carbocycles. The van der Waals surface area contributed by atoms with Crippen molar-refractivity contribution in [1.29, 1.82) is 0 Å². The Bertz CT molecular complexity index is 987. The number of aryl methyl sites for hydroxylation is 1. The molecule has 0 fully saturated rings. The zero-order valence-corrected chi connectivity index (χ0v) is 21.8. The predicted molar refractivity (Wildman–Crippen MR) is 145 cm³/mol. The van der Waals surface area contributed by atoms with E-state index in [1.54, 1.807) is 18.2 Å². The maximum atomic E-state index is 11.7. The molecule has 10 heteroatoms. The van der Waals surface area contributed by atoms with Crippen LogP contribution in [0.3, 0.4) is 0 Å². The van der Waals surface area contributed by atoms with Crippen molar-refractivity contribution in [1.82, 2.24) is 10.6 Å². The summed E-state index contributed by atoms with van der Waals surface area (Å²) < 4.78 is 5.73. The fourth-order valence-electron chi connectivity index (χ4n) is 3.87. The number of carboxylic acids is 1. The molecular weight excluding hydrogens is 490 g/mol. The third-order valence-corrected chi connectivity index (χ3v) is 5.98. The van der Waals surface area contributed by atoms with Gasteiger partial charge in [0.15, 0.2) is 0 Å². The van der Waals surface area contributed by atoms with Crippen LogP contribution in [0.2, 0.25) is 0 Å². The number of aliphatic hydroxyl groups excluding tert-OH is 2. The van der Waals surface area contributed by atoms with Crippen molar-refractivity contribution in [3.63, 3.8) is 0 Å². The highest BCUT2D eigenvalue weighted by molar-refractivity contribution is 5.91. The van der Waals surface area contributed by atoms with Gasteiger partial charge in [-0.25, -0.2) is 4.79 Å². The van der Waals surface area contributed by atoms with E-state index in [2.05, 4.69) is 16.0 Å². The van der Waals surface area contributed by atoms with Gasteiger partial charge >= 0.3 is 12.0 Å². The zero-order valence-electron chi connectivity index (χ0n) is 21.8. The highest BCUT2D eigenvalue weighted by atomic mass is 16.5. The van der Waals surface area contributed by atoms with E-state index in [1.165, 1.54) is 6.07 Å². The molecule has 2 aromatic rings. The summed E-state index contributed by atoms with van der Waals surface area (Å²) >= 11 is 0. The summed E-state index contributed by atoms with van der Waals surface area (Å²) in [5.41, 5.74) is 2.80. The van der Waals surface area contributed by atoms with Crippen molar-refractivity contribution in [2.45, 2.75) is 57.7 Å². The van der Waals surface area contributed by atoms with Gasteiger partial charge in [0, 0.05) is 31.0 Å². The van der Waals surface area contributed by atoms with Gasteiger partial charge in [-0.3, -0.25) is 4.79 Å². The number of carbonyl (C=O) groups excluding carboxylic acids is 1. The predicted octanol–water partition coefficient (Wildman–Crippen LogP) is 3.31. The van der Waals surface area contributed by atoms with E-state index in [0.717, 1.165) is 63.7 Å². The quantitative estimate of drug-likeness (QED) is 0.136. The molecule has 2 amide bonds. The Morgan fingerprint density at radius 1 is 0.947 bits per heavy atom. The number of aliphatic hydroxyl groups is 2. The summed E-state index contributed by atoms with van der Waals surface area (Å²) in [6, 6.07) is 11.7. The SMILES string of the molecule is O=C(O)CNC(=O)Nc1cccc(CCCCOCCCCCCNC[C@@H](O)c2ccc(O)c(CO)c2)c1. The number of unbranched alkanes of at least 4 members (excludes halogenated alkanes) is 4. The highest BCUT2D eigenvalue weighted by Gasteiger charge is 2.10. The molecule has 2 aromatic carbocycles. The van der Waals surface area contributed by atoms with E-state index >= 15 is 0 Å². The number of amides is 2. The first kappa shape index (κ1) is 31.0. The molecule has 0 bridgehead atoms. The van der Waals surface area contributed by atoms with E-state index in [1.807, 2.05) is 18.2 Å². The third kappa shape index (κ3) is 12.9. The van der Waals surface area contributed by atoms with Gasteiger partial charge in [-0.2, -0.15) is 0 Å². The average Bonchev–Trinajstić information content (AvgIpc) is 2.90. The number of carbonyl (C=O) groups is 2. The van der Waals surface area contributed by atoms with Crippen LogP contribution in [0.5, 0.6) is 5.75 Å². The van der Waals surface area contributed by atoms with Crippen molar-refractivity contribution >= 4 is 17.7 Å². The molecule has 10 nitrogen and oxygen atoms in total. The maximum Gasteiger partial charge on any atom is 0.323 e. The Labute approximate surface area is 224 Å². The first-order valence-corrected chi connectivity index (χ1v) is 13.1. The Morgan fingerprint density at radius 3 is 2.47 bits per heavy atom. The van der Waals surface area contributed by atoms with Crippen LogP contribution in [-0.4, -0.2) is 65.3 Å². The minimum atomic E-state index is -1.09. The summed E-state index contributed by atoms with van der Waals surface area (Å²) in [6.45, 7) is 1.99. The molecule has 0 spiro atoms. The zero-order chi connectivity index (χ0) is 27.6. The van der Waals surface area contributed by atoms with Gasteiger partial charge in [0.25, 0.3) is 0 Å². The lowest BCUT2D eigenvalue weighted by molar-refractivity contribution is -0.135. The molecule has 1 atom stereocenters. The van der Waals surface area contributed by atoms with Crippen LogP contribution in [0.4, 0.5) is 10.5 Å². The standard InChI is InChI=1S/C28H41N3O7/c32-20-23-17-22(11-12-25(23)33)26(34)18-29-13-4-1-2-5-14-38-15-6-3-8-21-9-7-10-24(16-21)31-28(37)30-19-27(35)36/h7,9-12,16-17,26,29,32-34H,1-6,8,13-15,18-20H2,(H,35,36)(H2,30,31,37)/t26-/m1/s1. The molecule has 0 aliphatic heterocycles. The number of hydrogen-bond donors (Lipinski definition) is 7. The summed E-state index contributed by atoms with van der Waals surface area (Å²) in [5.74, 6) is -1.07. The molecule has 0 aromatic heterocycles. The molecule has 0 aliphatic rings. The second-order valence-electron chi connectivity index (χ2n) is 9.15. The van der Waals surface area contributed by atoms with Crippen molar-refractivity contribution in [2.24, 2.45) is 0 Å². The lowest BCUT2D eigenvalue weighted by Crippen LogP contribution is -2.33. The van der Waals surface area contributed by atoms with Crippen LogP contribution in [-0.2, 0) is 22.6 Å². The number of carboxylic acid groups (broad SMARTS) is 1. The fraction of sp³-hybridized carbons (Fsp3) is 0.500. The van der Waals surface area contributed by atoms with Gasteiger partial charge in [-0.05, 0) is 74.0 Å². The molecule has 0 saturated heterocycles. The van der Waals surface area contributed by atoms with Crippen molar-refractivity contribution in [3.05, 3.63) is 59.2 Å². The van der Waals surface area contributed by atoms with Crippen LogP contribution < -0.4 is 16.0 Å². The Morgan fingerprint density at radius 2 is 1.71 bits per heavy atom. The summed E-state index contributed by atoms with van der Waals surface area (Å²) in [5, 5.41) is 45.8. The largest absolute Gasteiger partial charge is 0.508 e. The maximum absolute atomic E-state index is 11.7. The van der Waals surface area contributed by atoms with E-state index in [-0.39, 0.29) is 12.4 Å². The smallest absolute Gasteiger partial charge is 0.323 e. The van der Waals surface area contributed by atoms with Gasteiger partial charge in [0.2, 0.25) is 0 Å². The van der Waals surface area contributed by atoms with Crippen LogP contribution in [0.25, 0.3) is 0 Å². The third-order valence-electron chi connectivity index (χ3n) is 5.98. The van der Waals surface area contributed by atoms with E-state index in [4.69, 9.17) is 9.84 Å². The summed E-state index contributed by atoms with van der Waals surface area (Å²) in [4.78, 5) is 22.2. The van der Waals surface area contributed by atoms with Gasteiger partial charge < -0.3 is 41.1 Å². The lowest BCUT2D eigenvalue weighted by Gasteiger charge is -2.14. The molecule has 7 N–H and O–H groups in total. The molecule has 0 unspecified atom stereocenters. The fourth-order valence-corrected chi connectivity index (χ4v) is 3.87. The molecule has 0 aliphatic carbocycles. The minimum Gasteiger partial charge on any atom is -0.508 e. The van der Waals surface area contributed by atoms with Crippen LogP contribution in [0, 0.1) is 0 Å². The van der Waals surface area contributed by atoms with Crippen LogP contribution >= 0.6 is 0 Å². The van der Waals surface area contributed by atoms with Gasteiger partial charge in [0.05, 0.1) is 12.7 Å². The Kier molecular flexibility index (Phi) is 14.8. The van der Waals surface area contributed by atoms with Crippen LogP contribution in [0.15, 0.2) is 42.5 Å². The molecule has 38 heavy (non-hydrogen) atoms. The second kappa shape index (κ2) is 18.1. The lowest BCUT2D eigenvalue weighted by atomic mass is 10.1. The molecular formula is C28H41N3O7. The number of benzene rings is 2. The monoisotopic (exact) mass is 531 g/mol. The number of anilines is 1. The van der Waals surface area contributed by atoms with Crippen molar-refractivity contribution < 1.29 is 34.8 Å². The minimum absolute atomic E-state index is 0.0286. The average molecular weight is 532 g/mol. The Balaban J connectivity index is 1.43. The molecule has 210 valence electrons.